The van der Waals surface area contributed by atoms with Gasteiger partial charge in [-0.05, 0) is 75.6 Å². The third-order valence-electron chi connectivity index (χ3n) is 13.8. The number of methoxy groups -OCH3 is 2. The first-order chi connectivity index (χ1) is 36.5. The molecule has 2 fully saturated rings. The summed E-state index contributed by atoms with van der Waals surface area (Å²) >= 11 is 0. The van der Waals surface area contributed by atoms with E-state index in [0.29, 0.717) is 68.6 Å². The van der Waals surface area contributed by atoms with Crippen LogP contribution in [0.1, 0.15) is 38.8 Å². The lowest BCUT2D eigenvalue weighted by Crippen LogP contribution is -2.63. The summed E-state index contributed by atoms with van der Waals surface area (Å²) in [4.78, 5) is 62.1. The number of anilines is 1. The van der Waals surface area contributed by atoms with Crippen molar-refractivity contribution in [3.63, 3.8) is 0 Å². The predicted octanol–water partition coefficient (Wildman–Crippen LogP) is 6.22. The zero-order chi connectivity index (χ0) is 57.5. The van der Waals surface area contributed by atoms with E-state index < -0.39 is 121 Å². The Labute approximate surface area is 441 Å². The molecule has 78 heavy (non-hydrogen) atoms. The number of hydrogen-bond acceptors (Lipinski definition) is 13. The Hall–Kier alpha value is -6.78. The van der Waals surface area contributed by atoms with Crippen molar-refractivity contribution < 1.29 is 82.4 Å². The van der Waals surface area contributed by atoms with Gasteiger partial charge in [0, 0.05) is 68.4 Å². The zero-order valence-electron chi connectivity index (χ0n) is 43.2. The molecule has 6 rings (SSSR count). The number of nitrogens with one attached hydrogen (secondary N) is 4. The number of hydrogen-bond donors (Lipinski definition) is 5. The molecule has 0 bridgehead atoms. The van der Waals surface area contributed by atoms with Gasteiger partial charge in [0.25, 0.3) is 12.3 Å². The molecular weight excluding hydrogens is 1060 g/mol. The third kappa shape index (κ3) is 14.7. The molecule has 2 aliphatic rings. The largest absolute Gasteiger partial charge is 0.453 e. The Balaban J connectivity index is 1.34. The molecule has 4 amide bonds. The number of nitrogens with zero attached hydrogens (tertiary/aromatic N) is 6. The van der Waals surface area contributed by atoms with E-state index in [1.807, 2.05) is 17.4 Å². The summed E-state index contributed by atoms with van der Waals surface area (Å²) in [5.74, 6) is -5.19. The Kier molecular flexibility index (Phi) is 19.3. The van der Waals surface area contributed by atoms with Gasteiger partial charge in [-0.1, -0.05) is 24.3 Å². The van der Waals surface area contributed by atoms with Gasteiger partial charge in [-0.15, -0.1) is 0 Å². The lowest BCUT2D eigenvalue weighted by molar-refractivity contribution is -0.221. The van der Waals surface area contributed by atoms with Crippen LogP contribution in [0.15, 0.2) is 67.0 Å². The molecule has 428 valence electrons. The Bertz CT molecular complexity index is 2680. The van der Waals surface area contributed by atoms with Crippen LogP contribution < -0.4 is 26.3 Å². The molecule has 4 aromatic rings. The second-order valence-corrected chi connectivity index (χ2v) is 19.9. The number of benzene rings is 2. The maximum Gasteiger partial charge on any atom is 0.407 e. The average molecular weight is 1120 g/mol. The van der Waals surface area contributed by atoms with Crippen LogP contribution in [0, 0.1) is 22.5 Å². The van der Waals surface area contributed by atoms with Gasteiger partial charge in [-0.3, -0.25) is 24.6 Å². The number of rotatable bonds is 21. The van der Waals surface area contributed by atoms with E-state index in [1.54, 1.807) is 35.8 Å². The molecule has 2 saturated heterocycles. The monoisotopic (exact) mass is 1120 g/mol. The second-order valence-electron chi connectivity index (χ2n) is 19.9. The molecule has 0 aliphatic carbocycles. The standard InChI is InChI=1S/C50H60F10N10O8/c1-47(2,49(55,56)57)41(63-45(74)76-5)43(72)62-37(19-28-7-9-29(10-8-28)30-11-12-40(61-22-30)68-17-15-67(16-18-68)32-26-78-27-32)38(71)24-70(66-44(73)42(64-46(75)77-6)48(3,4)50(58,59)60)23-33-34(51)20-31(21-35(33)52)36-13-14-69(65-36)25-39(53)54/h7-14,20-22,32,37-39,41-42,71H,15-19,23-27H2,1-6H3,(H,62,72)(H,63,74)(H,64,75)(H,66,73)/t37-,38-,41+,42+/m0/s1. The number of aliphatic hydroxyl groups is 1. The lowest BCUT2D eigenvalue weighted by Gasteiger charge is -2.42. The molecule has 4 atom stereocenters. The van der Waals surface area contributed by atoms with E-state index in [1.165, 1.54) is 6.07 Å². The van der Waals surface area contributed by atoms with E-state index in [2.05, 4.69) is 40.1 Å². The summed E-state index contributed by atoms with van der Waals surface area (Å²) in [5, 5.41) is 22.5. The third-order valence-corrected chi connectivity index (χ3v) is 13.8. The number of alkyl carbamates (subject to hydrolysis) is 2. The van der Waals surface area contributed by atoms with Crippen molar-refractivity contribution in [1.82, 2.24) is 46.0 Å². The van der Waals surface area contributed by atoms with Crippen LogP contribution in [0.4, 0.5) is 59.3 Å². The van der Waals surface area contributed by atoms with Gasteiger partial charge in [0.2, 0.25) is 5.91 Å². The fourth-order valence-corrected chi connectivity index (χ4v) is 8.53. The smallest absolute Gasteiger partial charge is 0.407 e. The molecule has 0 spiro atoms. The SMILES string of the molecule is COC(=O)N[C@H](C(=O)N[C@@H](Cc1ccc(-c2ccc(N3CCN(C4COC4)CC3)nc2)cc1)[C@@H](O)CN(Cc1c(F)cc(-c2ccn(CC(F)F)n2)cc1F)NC(=O)[C@@H](NC(=O)OC)C(C)(C)C(F)(F)F)C(C)(C)C(F)(F)F. The lowest BCUT2D eigenvalue weighted by atomic mass is 9.82. The van der Waals surface area contributed by atoms with E-state index in [-0.39, 0.29) is 11.3 Å². The first-order valence-corrected chi connectivity index (χ1v) is 24.3. The molecule has 18 nitrogen and oxygen atoms in total. The number of carbonyl (C=O) groups is 4. The Morgan fingerprint density at radius 2 is 1.32 bits per heavy atom. The maximum absolute atomic E-state index is 16.1. The maximum atomic E-state index is 16.1. The summed E-state index contributed by atoms with van der Waals surface area (Å²) in [6, 6.07) is 6.41. The molecule has 2 aromatic carbocycles. The summed E-state index contributed by atoms with van der Waals surface area (Å²) in [6.07, 6.45) is -16.0. The fraction of sp³-hybridized carbons (Fsp3) is 0.520. The summed E-state index contributed by atoms with van der Waals surface area (Å²) in [7, 11) is 1.62. The van der Waals surface area contributed by atoms with Crippen LogP contribution in [0.3, 0.4) is 0 Å². The Morgan fingerprint density at radius 3 is 1.81 bits per heavy atom. The number of ether oxygens (including phenoxy) is 3. The Morgan fingerprint density at radius 1 is 0.769 bits per heavy atom. The number of aromatic nitrogens is 3. The fourth-order valence-electron chi connectivity index (χ4n) is 8.53. The number of alkyl halides is 8. The van der Waals surface area contributed by atoms with Gasteiger partial charge in [-0.25, -0.2) is 37.1 Å². The second kappa shape index (κ2) is 24.9. The van der Waals surface area contributed by atoms with E-state index in [0.717, 1.165) is 69.2 Å². The molecule has 28 heteroatoms. The van der Waals surface area contributed by atoms with Crippen LogP contribution >= 0.6 is 0 Å². The minimum Gasteiger partial charge on any atom is -0.453 e. The van der Waals surface area contributed by atoms with E-state index >= 15 is 8.78 Å². The molecule has 2 aliphatic heterocycles. The van der Waals surface area contributed by atoms with Crippen LogP contribution in [0.2, 0.25) is 0 Å². The van der Waals surface area contributed by atoms with Crippen molar-refractivity contribution in [2.75, 3.05) is 65.1 Å². The normalized spacial score (nSPS) is 16.5. The minimum absolute atomic E-state index is 0.151. The zero-order valence-corrected chi connectivity index (χ0v) is 43.2. The first kappa shape index (κ1) is 60.4. The molecule has 0 radical (unpaired) electrons. The molecule has 5 N–H and O–H groups in total. The molecule has 2 aromatic heterocycles. The van der Waals surface area contributed by atoms with Crippen LogP contribution in [0.25, 0.3) is 22.4 Å². The van der Waals surface area contributed by atoms with E-state index in [9.17, 15) is 59.4 Å². The summed E-state index contributed by atoms with van der Waals surface area (Å²) in [6.45, 7) is 3.84. The number of aliphatic hydroxyl groups excluding tert-OH is 1. The quantitative estimate of drug-likeness (QED) is 0.0465. The molecule has 0 unspecified atom stereocenters. The number of pyridine rings is 1. The van der Waals surface area contributed by atoms with Crippen molar-refractivity contribution in [3.05, 3.63) is 89.8 Å². The van der Waals surface area contributed by atoms with Crippen LogP contribution in [0.5, 0.6) is 0 Å². The van der Waals surface area contributed by atoms with Crippen molar-refractivity contribution >= 4 is 29.8 Å². The number of piperazine rings is 1. The number of amides is 4. The van der Waals surface area contributed by atoms with Crippen LogP contribution in [-0.2, 0) is 43.3 Å². The molecular formula is C50H60F10N10O8. The number of halogens is 10. The first-order valence-electron chi connectivity index (χ1n) is 24.3. The van der Waals surface area contributed by atoms with E-state index in [4.69, 9.17) is 4.74 Å². The van der Waals surface area contributed by atoms with Crippen LogP contribution in [-0.4, -0.2) is 163 Å². The van der Waals surface area contributed by atoms with Gasteiger partial charge in [0.05, 0.1) is 62.1 Å². The number of carbonyl (C=O) groups excluding carboxylic acids is 4. The van der Waals surface area contributed by atoms with Crippen molar-refractivity contribution in [3.8, 4) is 22.4 Å². The summed E-state index contributed by atoms with van der Waals surface area (Å²) in [5.41, 5.74) is -3.75. The summed E-state index contributed by atoms with van der Waals surface area (Å²) < 4.78 is 161. The van der Waals surface area contributed by atoms with Gasteiger partial charge >= 0.3 is 24.5 Å². The topological polar surface area (TPSA) is 205 Å². The average Bonchev–Trinajstić information content (AvgIpc) is 3.88. The van der Waals surface area contributed by atoms with Gasteiger partial charge in [0.1, 0.15) is 36.1 Å². The van der Waals surface area contributed by atoms with Gasteiger partial charge in [-0.2, -0.15) is 31.4 Å². The van der Waals surface area contributed by atoms with Gasteiger partial charge in [0.15, 0.2) is 0 Å². The highest BCUT2D eigenvalue weighted by Gasteiger charge is 2.57. The predicted molar refractivity (Wildman–Crippen MR) is 260 cm³/mol. The number of hydrazine groups is 1. The van der Waals surface area contributed by atoms with Crippen molar-refractivity contribution in [1.29, 1.82) is 0 Å². The van der Waals surface area contributed by atoms with Gasteiger partial charge < -0.3 is 40.2 Å². The highest BCUT2D eigenvalue weighted by molar-refractivity contribution is 5.87. The highest BCUT2D eigenvalue weighted by atomic mass is 19.4. The minimum atomic E-state index is -5.22. The molecule has 4 heterocycles. The highest BCUT2D eigenvalue weighted by Crippen LogP contribution is 2.42. The molecule has 0 saturated carbocycles. The van der Waals surface area contributed by atoms with Crippen molar-refractivity contribution in [2.24, 2.45) is 10.8 Å². The van der Waals surface area contributed by atoms with Crippen molar-refractivity contribution in [2.45, 2.75) is 96.3 Å².